The van der Waals surface area contributed by atoms with Gasteiger partial charge in [-0.05, 0) is 63.5 Å². The number of nitrogens with one attached hydrogen (secondary N) is 2. The molecule has 7 unspecified atom stereocenters. The minimum absolute atomic E-state index is 0.0199. The molecule has 12 N–H and O–H groups in total. The van der Waals surface area contributed by atoms with Crippen molar-refractivity contribution in [1.82, 2.24) is 30.2 Å². The van der Waals surface area contributed by atoms with Gasteiger partial charge in [0.05, 0.1) is 25.0 Å². The summed E-state index contributed by atoms with van der Waals surface area (Å²) < 4.78 is 62.6. The normalized spacial score (nSPS) is 19.8. The molecule has 2 amide bonds. The van der Waals surface area contributed by atoms with Crippen molar-refractivity contribution in [2.75, 3.05) is 32.0 Å². The summed E-state index contributed by atoms with van der Waals surface area (Å²) in [5.74, 6) is -2.24. The summed E-state index contributed by atoms with van der Waals surface area (Å²) in [4.78, 5) is 101. The fraction of sp³-hybridized carbons (Fsp3) is 0.651. The molecule has 0 aliphatic carbocycles. The van der Waals surface area contributed by atoms with E-state index in [2.05, 4.69) is 34.4 Å². The number of rotatable bonds is 31. The summed E-state index contributed by atoms with van der Waals surface area (Å²) in [6.07, 6.45) is -1.84. The molecule has 0 radical (unpaired) electrons. The number of carbonyl (C=O) groups is 4. The molecule has 4 rings (SSSR count). The van der Waals surface area contributed by atoms with Crippen LogP contribution in [0.4, 0.5) is 5.82 Å². The molecule has 3 heterocycles. The largest absolute Gasteiger partial charge is 0.507 e. The predicted molar refractivity (Wildman–Crippen MR) is 258 cm³/mol. The molecule has 0 saturated carbocycles. The molecule has 1 saturated heterocycles. The number of imidazole rings is 1. The lowest BCUT2D eigenvalue weighted by atomic mass is 9.81. The Morgan fingerprint density at radius 1 is 0.849 bits per heavy atom. The molecule has 30 heteroatoms. The highest BCUT2D eigenvalue weighted by molar-refractivity contribution is 7.61. The maximum atomic E-state index is 13.1. The van der Waals surface area contributed by atoms with Gasteiger partial charge < -0.3 is 61.1 Å². The van der Waals surface area contributed by atoms with E-state index in [0.29, 0.717) is 38.5 Å². The summed E-state index contributed by atoms with van der Waals surface area (Å²) in [6, 6.07) is 5.61. The number of phenolic OH excluding ortho intramolecular Hbond substituents is 1. The zero-order chi connectivity index (χ0) is 54.7. The van der Waals surface area contributed by atoms with Crippen LogP contribution in [0.2, 0.25) is 0 Å². The maximum absolute atomic E-state index is 13.1. The lowest BCUT2D eigenvalue weighted by molar-refractivity contribution is -0.147. The number of carboxylic acid groups (broad SMARTS) is 1. The molecular weight excluding hydrogens is 1030 g/mol. The van der Waals surface area contributed by atoms with E-state index in [1.807, 2.05) is 32.0 Å². The van der Waals surface area contributed by atoms with Gasteiger partial charge in [0.1, 0.15) is 47.8 Å². The van der Waals surface area contributed by atoms with Crippen molar-refractivity contribution < 1.29 is 95.5 Å². The number of phosphoric acid groups is 3. The molecule has 2 aromatic heterocycles. The zero-order valence-corrected chi connectivity index (χ0v) is 44.0. The first kappa shape index (κ1) is 61.2. The Morgan fingerprint density at radius 2 is 1.44 bits per heavy atom. The first-order valence-corrected chi connectivity index (χ1v) is 27.7. The standard InChI is InChI=1S/C43H68N7O20P3/c1-41(2,18-9-7-12-26-14-11-15-27(32(26)53)13-8-10-19-42(3,4)40(57)58)29(51)16-20-45-30(52)17-21-46-38(56)35(55)43(5,6)23-67-73(64,65)70-72(62,63)66-22-28-34(69-71(59,60)61)33(54)39(68-28)50-25-49-31-36(44)47-24-48-37(31)50/h11,14-15,24-25,28,33-35,39,53-55H,7-10,12-13,16-23H2,1-6H3,(H,45,52)(H,46,56)(H,57,58)(H,62,63)(H,64,65)(H2,44,47,48)(H2,59,60,61). The highest BCUT2D eigenvalue weighted by Crippen LogP contribution is 2.61. The monoisotopic (exact) mass is 1100 g/mol. The van der Waals surface area contributed by atoms with Gasteiger partial charge in [-0.2, -0.15) is 4.31 Å². The van der Waals surface area contributed by atoms with Gasteiger partial charge in [-0.3, -0.25) is 37.3 Å². The number of phenols is 1. The van der Waals surface area contributed by atoms with Crippen LogP contribution in [-0.2, 0) is 68.3 Å². The molecule has 7 atom stereocenters. The number of benzene rings is 1. The third-order valence-corrected chi connectivity index (χ3v) is 15.4. The molecule has 73 heavy (non-hydrogen) atoms. The summed E-state index contributed by atoms with van der Waals surface area (Å²) in [6.45, 7) is 7.23. The number of para-hydroxylation sites is 1. The maximum Gasteiger partial charge on any atom is 0.481 e. The summed E-state index contributed by atoms with van der Waals surface area (Å²) in [5, 5.41) is 46.8. The molecule has 0 spiro atoms. The van der Waals surface area contributed by atoms with E-state index >= 15 is 0 Å². The van der Waals surface area contributed by atoms with Gasteiger partial charge in [0, 0.05) is 36.8 Å². The number of nitrogens with zero attached hydrogens (tertiary/aromatic N) is 4. The SMILES string of the molecule is CC(C)(CCCCc1cccc(CCCCC(C)(C)C(=O)CCNC(=O)CCNC(=O)C(O)C(C)(C)COP(=O)(O)OP(=O)(O)OCC2OC(n3cnc4c(N)ncnc43)C(O)C2OP(=O)(O)O)c1O)C(=O)O. The van der Waals surface area contributed by atoms with E-state index in [4.69, 9.17) is 19.5 Å². The van der Waals surface area contributed by atoms with E-state index in [9.17, 15) is 72.9 Å². The number of aliphatic carboxylic acids is 1. The number of aryl methyl sites for hydroxylation is 2. The second-order valence-electron chi connectivity index (χ2n) is 19.7. The molecule has 1 fully saturated rings. The number of aliphatic hydroxyl groups excluding tert-OH is 2. The number of hydrogen-bond donors (Lipinski definition) is 11. The number of aliphatic hydroxyl groups is 2. The Kier molecular flexibility index (Phi) is 21.4. The third-order valence-electron chi connectivity index (χ3n) is 12.3. The molecule has 1 aliphatic heterocycles. The van der Waals surface area contributed by atoms with E-state index in [0.717, 1.165) is 41.2 Å². The zero-order valence-electron chi connectivity index (χ0n) is 41.4. The summed E-state index contributed by atoms with van der Waals surface area (Å²) in [5.41, 5.74) is 4.34. The van der Waals surface area contributed by atoms with Gasteiger partial charge in [-0.1, -0.05) is 58.7 Å². The van der Waals surface area contributed by atoms with Crippen molar-refractivity contribution in [3.05, 3.63) is 42.0 Å². The van der Waals surface area contributed by atoms with E-state index in [-0.39, 0.29) is 54.4 Å². The van der Waals surface area contributed by atoms with Crippen LogP contribution in [-0.4, -0.2) is 134 Å². The fourth-order valence-electron chi connectivity index (χ4n) is 7.65. The molecule has 410 valence electrons. The number of unbranched alkanes of at least 4 members (excludes halogenated alkanes) is 2. The van der Waals surface area contributed by atoms with E-state index in [1.165, 1.54) is 13.8 Å². The molecule has 27 nitrogen and oxygen atoms in total. The molecular formula is C43H68N7O20P3. The predicted octanol–water partition coefficient (Wildman–Crippen LogP) is 3.33. The van der Waals surface area contributed by atoms with Crippen LogP contribution in [0.1, 0.15) is 110 Å². The number of carbonyl (C=O) groups excluding carboxylic acids is 3. The van der Waals surface area contributed by atoms with Crippen molar-refractivity contribution >= 4 is 64.0 Å². The Hall–Kier alpha value is -4.30. The van der Waals surface area contributed by atoms with E-state index < -0.39 is 101 Å². The lowest BCUT2D eigenvalue weighted by Crippen LogP contribution is -2.46. The third kappa shape index (κ3) is 18.2. The number of hydrogen-bond acceptors (Lipinski definition) is 19. The molecule has 0 bridgehead atoms. The molecule has 3 aromatic rings. The topological polar surface area (TPSA) is 421 Å². The summed E-state index contributed by atoms with van der Waals surface area (Å²) in [7, 11) is -16.5. The minimum atomic E-state index is -5.61. The average Bonchev–Trinajstić information content (AvgIpc) is 3.85. The van der Waals surface area contributed by atoms with Crippen molar-refractivity contribution in [1.29, 1.82) is 0 Å². The Labute approximate surface area is 421 Å². The number of Topliss-reactive ketones (excluding diaryl/α,β-unsaturated/α-hetero) is 1. The van der Waals surface area contributed by atoms with Crippen LogP contribution >= 0.6 is 23.5 Å². The van der Waals surface area contributed by atoms with Gasteiger partial charge in [0.2, 0.25) is 11.8 Å². The number of nitrogens with two attached hydrogens (primary N) is 1. The van der Waals surface area contributed by atoms with Crippen molar-refractivity contribution in [3.8, 4) is 5.75 Å². The van der Waals surface area contributed by atoms with Crippen LogP contribution in [0, 0.1) is 16.2 Å². The second kappa shape index (κ2) is 25.5. The Balaban J connectivity index is 1.15. The number of amides is 2. The van der Waals surface area contributed by atoms with Gasteiger partial charge in [0.15, 0.2) is 17.7 Å². The van der Waals surface area contributed by atoms with Crippen LogP contribution in [0.25, 0.3) is 11.2 Å². The number of carboxylic acids is 1. The number of ether oxygens (including phenoxy) is 1. The Morgan fingerprint density at radius 3 is 2.04 bits per heavy atom. The number of aromatic hydroxyl groups is 1. The van der Waals surface area contributed by atoms with Crippen molar-refractivity contribution in [3.63, 3.8) is 0 Å². The number of nitrogen functional groups attached to an aromatic ring is 1. The highest BCUT2D eigenvalue weighted by Gasteiger charge is 2.50. The second-order valence-corrected chi connectivity index (χ2v) is 23.9. The first-order valence-electron chi connectivity index (χ1n) is 23.2. The van der Waals surface area contributed by atoms with Gasteiger partial charge in [-0.15, -0.1) is 0 Å². The summed E-state index contributed by atoms with van der Waals surface area (Å²) >= 11 is 0. The van der Waals surface area contributed by atoms with Gasteiger partial charge >= 0.3 is 29.4 Å². The number of phosphoric ester groups is 3. The lowest BCUT2D eigenvalue weighted by Gasteiger charge is -2.30. The number of aromatic nitrogens is 4. The van der Waals surface area contributed by atoms with E-state index in [1.54, 1.807) is 13.8 Å². The number of anilines is 1. The number of ketones is 1. The first-order chi connectivity index (χ1) is 33.8. The minimum Gasteiger partial charge on any atom is -0.507 e. The average molecular weight is 1100 g/mol. The smallest absolute Gasteiger partial charge is 0.481 e. The van der Waals surface area contributed by atoms with Crippen molar-refractivity contribution in [2.45, 2.75) is 136 Å². The van der Waals surface area contributed by atoms with Gasteiger partial charge in [-0.25, -0.2) is 28.6 Å². The fourth-order valence-corrected chi connectivity index (χ4v) is 10.5. The highest BCUT2D eigenvalue weighted by atomic mass is 31.3. The van der Waals surface area contributed by atoms with Crippen LogP contribution in [0.15, 0.2) is 30.9 Å². The Bertz CT molecular complexity index is 2560. The number of fused-ring (bicyclic) bond motifs is 1. The van der Waals surface area contributed by atoms with Gasteiger partial charge in [0.25, 0.3) is 0 Å². The van der Waals surface area contributed by atoms with Crippen molar-refractivity contribution in [2.24, 2.45) is 16.2 Å². The van der Waals surface area contributed by atoms with Crippen LogP contribution < -0.4 is 16.4 Å². The molecule has 1 aliphatic rings. The quantitative estimate of drug-likeness (QED) is 0.0325. The molecule has 1 aromatic carbocycles. The van der Waals surface area contributed by atoms with Crippen LogP contribution in [0.3, 0.4) is 0 Å². The van der Waals surface area contributed by atoms with Crippen LogP contribution in [0.5, 0.6) is 5.75 Å².